The van der Waals surface area contributed by atoms with Gasteiger partial charge in [0.15, 0.2) is 0 Å². The van der Waals surface area contributed by atoms with E-state index in [-0.39, 0.29) is 16.7 Å². The van der Waals surface area contributed by atoms with E-state index in [2.05, 4.69) is 22.8 Å². The van der Waals surface area contributed by atoms with Gasteiger partial charge in [-0.3, -0.25) is 19.9 Å². The van der Waals surface area contributed by atoms with Crippen molar-refractivity contribution in [3.05, 3.63) is 74.8 Å². The average molecular weight is 360 g/mol. The van der Waals surface area contributed by atoms with E-state index in [1.807, 2.05) is 30.3 Å². The molecule has 1 heterocycles. The summed E-state index contributed by atoms with van der Waals surface area (Å²) in [6.45, 7) is 6.42. The molecule has 0 amide bonds. The number of para-hydroxylation sites is 1. The van der Waals surface area contributed by atoms with Crippen molar-refractivity contribution in [2.24, 2.45) is 0 Å². The topological polar surface area (TPSA) is 49.6 Å². The van der Waals surface area contributed by atoms with Crippen molar-refractivity contribution in [1.29, 1.82) is 0 Å². The SMILES string of the molecule is CC(c1ccccc1Cl)N1CCN(Cc2ccccc2[N+](=O)[O-])CC1. The quantitative estimate of drug-likeness (QED) is 0.595. The van der Waals surface area contributed by atoms with Crippen molar-refractivity contribution < 1.29 is 4.92 Å². The van der Waals surface area contributed by atoms with Crippen LogP contribution >= 0.6 is 11.6 Å². The van der Waals surface area contributed by atoms with Crippen molar-refractivity contribution >= 4 is 17.3 Å². The Labute approximate surface area is 153 Å². The van der Waals surface area contributed by atoms with Crippen LogP contribution in [0, 0.1) is 10.1 Å². The molecule has 1 atom stereocenters. The van der Waals surface area contributed by atoms with Crippen LogP contribution in [0.3, 0.4) is 0 Å². The summed E-state index contributed by atoms with van der Waals surface area (Å²) in [7, 11) is 0. The maximum Gasteiger partial charge on any atom is 0.273 e. The lowest BCUT2D eigenvalue weighted by Gasteiger charge is -2.38. The molecule has 1 aliphatic rings. The highest BCUT2D eigenvalue weighted by Crippen LogP contribution is 2.28. The van der Waals surface area contributed by atoms with Gasteiger partial charge in [0.1, 0.15) is 0 Å². The average Bonchev–Trinajstić information content (AvgIpc) is 2.62. The van der Waals surface area contributed by atoms with E-state index >= 15 is 0 Å². The zero-order valence-electron chi connectivity index (χ0n) is 14.3. The highest BCUT2D eigenvalue weighted by Gasteiger charge is 2.24. The second-order valence-electron chi connectivity index (χ2n) is 6.40. The molecule has 6 heteroatoms. The molecular formula is C19H22ClN3O2. The third-order valence-electron chi connectivity index (χ3n) is 4.89. The fourth-order valence-electron chi connectivity index (χ4n) is 3.38. The number of hydrogen-bond acceptors (Lipinski definition) is 4. The number of nitrogens with zero attached hydrogens (tertiary/aromatic N) is 3. The first-order valence-corrected chi connectivity index (χ1v) is 8.87. The van der Waals surface area contributed by atoms with Crippen LogP contribution in [0.2, 0.25) is 5.02 Å². The smallest absolute Gasteiger partial charge is 0.273 e. The van der Waals surface area contributed by atoms with Crippen LogP contribution in [0.15, 0.2) is 48.5 Å². The van der Waals surface area contributed by atoms with E-state index in [0.717, 1.165) is 42.3 Å². The number of rotatable bonds is 5. The van der Waals surface area contributed by atoms with Gasteiger partial charge in [-0.15, -0.1) is 0 Å². The molecule has 0 saturated carbocycles. The van der Waals surface area contributed by atoms with Gasteiger partial charge in [0, 0.05) is 55.4 Å². The van der Waals surface area contributed by atoms with Crippen LogP contribution in [0.5, 0.6) is 0 Å². The minimum Gasteiger partial charge on any atom is -0.296 e. The summed E-state index contributed by atoms with van der Waals surface area (Å²) in [6, 6.07) is 15.2. The molecule has 1 aliphatic heterocycles. The number of halogens is 1. The van der Waals surface area contributed by atoms with Crippen LogP contribution in [-0.2, 0) is 6.54 Å². The van der Waals surface area contributed by atoms with Crippen LogP contribution in [0.1, 0.15) is 24.1 Å². The molecule has 2 aromatic carbocycles. The molecule has 3 rings (SSSR count). The lowest BCUT2D eigenvalue weighted by Crippen LogP contribution is -2.46. The van der Waals surface area contributed by atoms with Gasteiger partial charge in [-0.25, -0.2) is 0 Å². The fourth-order valence-corrected chi connectivity index (χ4v) is 3.68. The van der Waals surface area contributed by atoms with Crippen LogP contribution in [0.25, 0.3) is 0 Å². The third-order valence-corrected chi connectivity index (χ3v) is 5.24. The molecule has 5 nitrogen and oxygen atoms in total. The molecule has 0 spiro atoms. The largest absolute Gasteiger partial charge is 0.296 e. The third kappa shape index (κ3) is 4.18. The summed E-state index contributed by atoms with van der Waals surface area (Å²) in [5, 5.41) is 12.0. The summed E-state index contributed by atoms with van der Waals surface area (Å²) in [5.41, 5.74) is 2.13. The Morgan fingerprint density at radius 3 is 2.40 bits per heavy atom. The lowest BCUT2D eigenvalue weighted by atomic mass is 10.1. The van der Waals surface area contributed by atoms with E-state index in [1.54, 1.807) is 12.1 Å². The van der Waals surface area contributed by atoms with Gasteiger partial charge in [-0.1, -0.05) is 48.0 Å². The second kappa shape index (κ2) is 7.95. The minimum absolute atomic E-state index is 0.203. The standard InChI is InChI=1S/C19H22ClN3O2/c1-15(17-7-3-4-8-18(17)20)22-12-10-21(11-13-22)14-16-6-2-5-9-19(16)23(24)25/h2-9,15H,10-14H2,1H3. The Morgan fingerprint density at radius 2 is 1.72 bits per heavy atom. The van der Waals surface area contributed by atoms with E-state index in [4.69, 9.17) is 11.6 Å². The number of benzene rings is 2. The molecule has 1 saturated heterocycles. The van der Waals surface area contributed by atoms with Gasteiger partial charge in [0.05, 0.1) is 4.92 Å². The number of hydrogen-bond donors (Lipinski definition) is 0. The minimum atomic E-state index is -0.301. The van der Waals surface area contributed by atoms with Crippen LogP contribution < -0.4 is 0 Å². The molecule has 0 N–H and O–H groups in total. The molecular weight excluding hydrogens is 338 g/mol. The van der Waals surface area contributed by atoms with Crippen molar-refractivity contribution in [3.63, 3.8) is 0 Å². The zero-order chi connectivity index (χ0) is 17.8. The maximum atomic E-state index is 11.2. The van der Waals surface area contributed by atoms with E-state index in [1.165, 1.54) is 0 Å². The van der Waals surface area contributed by atoms with E-state index < -0.39 is 0 Å². The Kier molecular flexibility index (Phi) is 5.68. The molecule has 25 heavy (non-hydrogen) atoms. The Morgan fingerprint density at radius 1 is 1.08 bits per heavy atom. The fraction of sp³-hybridized carbons (Fsp3) is 0.368. The highest BCUT2D eigenvalue weighted by atomic mass is 35.5. The first-order valence-electron chi connectivity index (χ1n) is 8.49. The monoisotopic (exact) mass is 359 g/mol. The number of nitro groups is 1. The molecule has 0 aliphatic carbocycles. The first kappa shape index (κ1) is 17.9. The summed E-state index contributed by atoms with van der Waals surface area (Å²) in [4.78, 5) is 15.5. The lowest BCUT2D eigenvalue weighted by molar-refractivity contribution is -0.385. The van der Waals surface area contributed by atoms with Crippen molar-refractivity contribution in [2.45, 2.75) is 19.5 Å². The second-order valence-corrected chi connectivity index (χ2v) is 6.80. The van der Waals surface area contributed by atoms with Crippen molar-refractivity contribution in [2.75, 3.05) is 26.2 Å². The molecule has 1 fully saturated rings. The molecule has 0 bridgehead atoms. The predicted octanol–water partition coefficient (Wildman–Crippen LogP) is 4.13. The summed E-state index contributed by atoms with van der Waals surface area (Å²) in [6.07, 6.45) is 0. The normalized spacial score (nSPS) is 17.4. The highest BCUT2D eigenvalue weighted by molar-refractivity contribution is 6.31. The Balaban J connectivity index is 1.61. The molecule has 2 aromatic rings. The molecule has 132 valence electrons. The molecule has 1 unspecified atom stereocenters. The van der Waals surface area contributed by atoms with E-state index in [9.17, 15) is 10.1 Å². The van der Waals surface area contributed by atoms with Gasteiger partial charge in [0.2, 0.25) is 0 Å². The summed E-state index contributed by atoms with van der Waals surface area (Å²) < 4.78 is 0. The van der Waals surface area contributed by atoms with Gasteiger partial charge in [-0.05, 0) is 18.6 Å². The number of nitro benzene ring substituents is 1. The zero-order valence-corrected chi connectivity index (χ0v) is 15.0. The van der Waals surface area contributed by atoms with Gasteiger partial charge in [-0.2, -0.15) is 0 Å². The van der Waals surface area contributed by atoms with Gasteiger partial charge in [0.25, 0.3) is 5.69 Å². The van der Waals surface area contributed by atoms with Crippen molar-refractivity contribution in [1.82, 2.24) is 9.80 Å². The van der Waals surface area contributed by atoms with E-state index in [0.29, 0.717) is 6.54 Å². The van der Waals surface area contributed by atoms with Crippen LogP contribution in [-0.4, -0.2) is 40.9 Å². The Hall–Kier alpha value is -1.95. The molecule has 0 radical (unpaired) electrons. The molecule has 0 aromatic heterocycles. The number of piperazine rings is 1. The maximum absolute atomic E-state index is 11.2. The first-order chi connectivity index (χ1) is 12.1. The summed E-state index contributed by atoms with van der Waals surface area (Å²) in [5.74, 6) is 0. The van der Waals surface area contributed by atoms with Gasteiger partial charge < -0.3 is 0 Å². The van der Waals surface area contributed by atoms with Crippen molar-refractivity contribution in [3.8, 4) is 0 Å². The predicted molar refractivity (Wildman–Crippen MR) is 99.8 cm³/mol. The van der Waals surface area contributed by atoms with Crippen LogP contribution in [0.4, 0.5) is 5.69 Å². The Bertz CT molecular complexity index is 745. The summed E-state index contributed by atoms with van der Waals surface area (Å²) >= 11 is 6.32. The van der Waals surface area contributed by atoms with Gasteiger partial charge >= 0.3 is 0 Å².